The second-order valence-corrected chi connectivity index (χ2v) is 9.69. The lowest BCUT2D eigenvalue weighted by molar-refractivity contribution is -0.119. The zero-order valence-corrected chi connectivity index (χ0v) is 19.4. The number of ketones is 2. The van der Waals surface area contributed by atoms with E-state index in [-0.39, 0.29) is 22.0 Å². The van der Waals surface area contributed by atoms with Crippen LogP contribution in [0.1, 0.15) is 25.0 Å². The van der Waals surface area contributed by atoms with Gasteiger partial charge in [0.25, 0.3) is 10.0 Å². The predicted octanol–water partition coefficient (Wildman–Crippen LogP) is 5.42. The van der Waals surface area contributed by atoms with Crippen LogP contribution in [0.15, 0.2) is 89.3 Å². The first-order chi connectivity index (χ1) is 15.7. The summed E-state index contributed by atoms with van der Waals surface area (Å²) in [5, 5.41) is 0.632. The molecule has 0 aliphatic heterocycles. The lowest BCUT2D eigenvalue weighted by atomic mass is 10.00. The molecule has 0 saturated heterocycles. The molecule has 3 aromatic carbocycles. The van der Waals surface area contributed by atoms with Crippen LogP contribution in [0.25, 0.3) is 28.2 Å². The van der Waals surface area contributed by atoms with Crippen molar-refractivity contribution in [2.75, 3.05) is 0 Å². The molecule has 33 heavy (non-hydrogen) atoms. The molecule has 0 N–H and O–H groups in total. The van der Waals surface area contributed by atoms with Gasteiger partial charge < -0.3 is 0 Å². The molecule has 0 fully saturated rings. The molecule has 166 valence electrons. The Morgan fingerprint density at radius 1 is 0.788 bits per heavy atom. The van der Waals surface area contributed by atoms with E-state index in [1.165, 1.54) is 23.9 Å². The summed E-state index contributed by atoms with van der Waals surface area (Å²) in [5.41, 5.74) is 3.00. The third kappa shape index (κ3) is 4.05. The molecule has 0 amide bonds. The van der Waals surface area contributed by atoms with Gasteiger partial charge in [0.05, 0.1) is 21.7 Å². The highest BCUT2D eigenvalue weighted by Crippen LogP contribution is 2.38. The van der Waals surface area contributed by atoms with E-state index in [9.17, 15) is 18.0 Å². The Morgan fingerprint density at radius 3 is 1.97 bits per heavy atom. The van der Waals surface area contributed by atoms with E-state index < -0.39 is 10.0 Å². The highest BCUT2D eigenvalue weighted by Gasteiger charge is 2.27. The summed E-state index contributed by atoms with van der Waals surface area (Å²) in [6.45, 7) is 4.56. The first-order valence-corrected chi connectivity index (χ1v) is 11.9. The van der Waals surface area contributed by atoms with Gasteiger partial charge in [-0.25, -0.2) is 12.4 Å². The van der Waals surface area contributed by atoms with E-state index in [0.29, 0.717) is 27.7 Å². The number of aryl methyl sites for hydroxylation is 1. The van der Waals surface area contributed by atoms with E-state index in [1.807, 2.05) is 37.3 Å². The van der Waals surface area contributed by atoms with Gasteiger partial charge in [0.15, 0.2) is 11.6 Å². The summed E-state index contributed by atoms with van der Waals surface area (Å²) in [4.78, 5) is 24.6. The van der Waals surface area contributed by atoms with Crippen molar-refractivity contribution in [1.29, 1.82) is 0 Å². The number of para-hydroxylation sites is 1. The normalized spacial score (nSPS) is 11.4. The summed E-state index contributed by atoms with van der Waals surface area (Å²) in [6, 6.07) is 22.9. The molecular formula is C27H23NO4S. The lowest BCUT2D eigenvalue weighted by Gasteiger charge is -2.13. The van der Waals surface area contributed by atoms with Gasteiger partial charge in [0.1, 0.15) is 0 Å². The Bertz CT molecular complexity index is 1490. The van der Waals surface area contributed by atoms with Crippen LogP contribution in [-0.4, -0.2) is 24.0 Å². The Balaban J connectivity index is 2.18. The first kappa shape index (κ1) is 22.4. The zero-order valence-electron chi connectivity index (χ0n) is 18.6. The molecule has 4 aromatic rings. The fraction of sp³-hybridized carbons (Fsp3) is 0.111. The fourth-order valence-electron chi connectivity index (χ4n) is 3.91. The average Bonchev–Trinajstić information content (AvgIpc) is 3.13. The number of hydrogen-bond acceptors (Lipinski definition) is 4. The SMILES string of the molecule is CC(=O)C(=Cc1c(-c2ccccc2)n(S(=O)(=O)c2ccc(C)cc2)c2ccccc12)C(C)=O. The minimum absolute atomic E-state index is 0.0165. The maximum absolute atomic E-state index is 13.9. The number of fused-ring (bicyclic) bond motifs is 1. The number of benzene rings is 3. The van der Waals surface area contributed by atoms with Crippen molar-refractivity contribution >= 4 is 38.6 Å². The number of aromatic nitrogens is 1. The Kier molecular flexibility index (Phi) is 5.87. The van der Waals surface area contributed by atoms with Gasteiger partial charge in [-0.2, -0.15) is 0 Å². The standard InChI is InChI=1S/C27H23NO4S/c1-18-13-15-22(16-14-18)33(31,32)28-26-12-8-7-11-23(26)25(17-24(19(2)29)20(3)30)27(28)21-9-5-4-6-10-21/h4-17H,1-3H3. The summed E-state index contributed by atoms with van der Waals surface area (Å²) in [6.07, 6.45) is 1.51. The number of carbonyl (C=O) groups is 2. The molecule has 0 bridgehead atoms. The number of Topliss-reactive ketones (excluding diaryl/α,β-unsaturated/α-hetero) is 2. The topological polar surface area (TPSA) is 73.2 Å². The molecule has 6 heteroatoms. The molecule has 1 heterocycles. The maximum atomic E-state index is 13.9. The quantitative estimate of drug-likeness (QED) is 0.220. The highest BCUT2D eigenvalue weighted by atomic mass is 32.2. The second kappa shape index (κ2) is 8.64. The Morgan fingerprint density at radius 2 is 1.36 bits per heavy atom. The van der Waals surface area contributed by atoms with Crippen LogP contribution in [0.2, 0.25) is 0 Å². The fourth-order valence-corrected chi connectivity index (χ4v) is 5.46. The van der Waals surface area contributed by atoms with Crippen molar-refractivity contribution in [3.8, 4) is 11.3 Å². The molecule has 0 aliphatic carbocycles. The van der Waals surface area contributed by atoms with E-state index >= 15 is 0 Å². The number of rotatable bonds is 6. The molecule has 0 spiro atoms. The summed E-state index contributed by atoms with van der Waals surface area (Å²) in [5.74, 6) is -0.750. The predicted molar refractivity (Wildman–Crippen MR) is 130 cm³/mol. The number of allylic oxidation sites excluding steroid dienone is 1. The van der Waals surface area contributed by atoms with Crippen molar-refractivity contribution < 1.29 is 18.0 Å². The summed E-state index contributed by atoms with van der Waals surface area (Å²) < 4.78 is 29.2. The van der Waals surface area contributed by atoms with E-state index in [1.54, 1.807) is 48.5 Å². The summed E-state index contributed by atoms with van der Waals surface area (Å²) >= 11 is 0. The maximum Gasteiger partial charge on any atom is 0.268 e. The van der Waals surface area contributed by atoms with Crippen LogP contribution in [0.4, 0.5) is 0 Å². The van der Waals surface area contributed by atoms with Gasteiger partial charge in [-0.1, -0.05) is 66.2 Å². The first-order valence-electron chi connectivity index (χ1n) is 10.5. The summed E-state index contributed by atoms with van der Waals surface area (Å²) in [7, 11) is -4.00. The largest absolute Gasteiger partial charge is 0.294 e. The van der Waals surface area contributed by atoms with Crippen molar-refractivity contribution in [2.45, 2.75) is 25.7 Å². The molecule has 5 nitrogen and oxygen atoms in total. The van der Waals surface area contributed by atoms with Gasteiger partial charge in [0, 0.05) is 10.9 Å². The van der Waals surface area contributed by atoms with Crippen LogP contribution in [0, 0.1) is 6.92 Å². The van der Waals surface area contributed by atoms with Gasteiger partial charge in [-0.3, -0.25) is 9.59 Å². The molecule has 0 aliphatic rings. The van der Waals surface area contributed by atoms with Gasteiger partial charge in [0.2, 0.25) is 0 Å². The van der Waals surface area contributed by atoms with Gasteiger partial charge in [-0.15, -0.1) is 0 Å². The van der Waals surface area contributed by atoms with Crippen LogP contribution in [0.5, 0.6) is 0 Å². The van der Waals surface area contributed by atoms with Crippen LogP contribution >= 0.6 is 0 Å². The smallest absolute Gasteiger partial charge is 0.268 e. The van der Waals surface area contributed by atoms with Crippen LogP contribution < -0.4 is 0 Å². The molecule has 0 unspecified atom stereocenters. The van der Waals surface area contributed by atoms with Gasteiger partial charge in [-0.05, 0) is 50.6 Å². The average molecular weight is 458 g/mol. The lowest BCUT2D eigenvalue weighted by Crippen LogP contribution is -2.14. The van der Waals surface area contributed by atoms with Crippen molar-refractivity contribution in [2.24, 2.45) is 0 Å². The van der Waals surface area contributed by atoms with Crippen molar-refractivity contribution in [3.63, 3.8) is 0 Å². The molecule has 0 saturated carbocycles. The molecule has 4 rings (SSSR count). The third-order valence-corrected chi connectivity index (χ3v) is 7.25. The van der Waals surface area contributed by atoms with Crippen LogP contribution in [0.3, 0.4) is 0 Å². The van der Waals surface area contributed by atoms with E-state index in [4.69, 9.17) is 0 Å². The number of hydrogen-bond donors (Lipinski definition) is 0. The minimum atomic E-state index is -4.00. The zero-order chi connectivity index (χ0) is 23.8. The van der Waals surface area contributed by atoms with Gasteiger partial charge >= 0.3 is 0 Å². The van der Waals surface area contributed by atoms with Crippen molar-refractivity contribution in [3.05, 3.63) is 95.6 Å². The van der Waals surface area contributed by atoms with Crippen LogP contribution in [-0.2, 0) is 19.6 Å². The third-order valence-electron chi connectivity index (χ3n) is 5.52. The van der Waals surface area contributed by atoms with E-state index in [2.05, 4.69) is 0 Å². The molecular weight excluding hydrogens is 434 g/mol. The molecule has 0 radical (unpaired) electrons. The Labute approximate surface area is 193 Å². The number of nitrogens with zero attached hydrogens (tertiary/aromatic N) is 1. The Hall–Kier alpha value is -3.77. The highest BCUT2D eigenvalue weighted by molar-refractivity contribution is 7.90. The van der Waals surface area contributed by atoms with Crippen molar-refractivity contribution in [1.82, 2.24) is 3.97 Å². The number of carbonyl (C=O) groups excluding carboxylic acids is 2. The molecule has 0 atom stereocenters. The molecule has 1 aromatic heterocycles. The minimum Gasteiger partial charge on any atom is -0.294 e. The monoisotopic (exact) mass is 457 g/mol. The second-order valence-electron chi connectivity index (χ2n) is 7.90. The van der Waals surface area contributed by atoms with E-state index in [0.717, 1.165) is 5.56 Å².